The third kappa shape index (κ3) is 5.28. The Balaban J connectivity index is 1.49. The molecule has 0 aromatic heterocycles. The van der Waals surface area contributed by atoms with Crippen LogP contribution >= 0.6 is 39.1 Å². The summed E-state index contributed by atoms with van der Waals surface area (Å²) in [5.41, 5.74) is 2.02. The highest BCUT2D eigenvalue weighted by molar-refractivity contribution is 9.10. The Morgan fingerprint density at radius 3 is 2.60 bits per heavy atom. The summed E-state index contributed by atoms with van der Waals surface area (Å²) >= 11 is 16.5. The van der Waals surface area contributed by atoms with Gasteiger partial charge in [0.25, 0.3) is 0 Å². The number of rotatable bonds is 7. The highest BCUT2D eigenvalue weighted by Crippen LogP contribution is 2.58. The summed E-state index contributed by atoms with van der Waals surface area (Å²) < 4.78 is 7.22. The van der Waals surface area contributed by atoms with E-state index < -0.39 is 17.4 Å². The van der Waals surface area contributed by atoms with Gasteiger partial charge in [0, 0.05) is 38.8 Å². The third-order valence-electron chi connectivity index (χ3n) is 8.44. The first-order valence-corrected chi connectivity index (χ1v) is 15.4. The van der Waals surface area contributed by atoms with E-state index in [4.69, 9.17) is 33.0 Å². The van der Waals surface area contributed by atoms with E-state index in [2.05, 4.69) is 26.6 Å². The predicted octanol–water partition coefficient (Wildman–Crippen LogP) is 7.59. The van der Waals surface area contributed by atoms with E-state index in [1.54, 1.807) is 12.1 Å². The smallest absolute Gasteiger partial charge is 0.237 e. The second-order valence-electron chi connectivity index (χ2n) is 10.9. The van der Waals surface area contributed by atoms with E-state index in [0.29, 0.717) is 45.6 Å². The standard InChI is InChI=1S/C33H29BrCl2N2O4/c34-21-8-13-29(42-24-10-6-19(7-11-24)3-2-14-39)25(16-21)31-33(26-12-9-23(36)17-28(26)37-32(33)41)27(18-30(40)38-31)20-4-1-5-22(35)15-20/h1,4-13,16-17,20,27,31,39H,2-3,14-15,18H2,(H,37,41)(H,38,40)/t20?,27-,31-,33-/m0/s1. The monoisotopic (exact) mass is 666 g/mol. The summed E-state index contributed by atoms with van der Waals surface area (Å²) in [6, 6.07) is 18.0. The van der Waals surface area contributed by atoms with Gasteiger partial charge in [0.1, 0.15) is 16.9 Å². The molecule has 2 heterocycles. The Hall–Kier alpha value is -3.10. The lowest BCUT2D eigenvalue weighted by Gasteiger charge is -2.49. The fourth-order valence-electron chi connectivity index (χ4n) is 6.62. The minimum atomic E-state index is -1.16. The summed E-state index contributed by atoms with van der Waals surface area (Å²) in [5, 5.41) is 16.6. The van der Waals surface area contributed by atoms with Crippen LogP contribution in [-0.2, 0) is 21.4 Å². The van der Waals surface area contributed by atoms with Gasteiger partial charge in [-0.25, -0.2) is 0 Å². The number of carbonyl (C=O) groups excluding carboxylic acids is 2. The zero-order chi connectivity index (χ0) is 29.4. The van der Waals surface area contributed by atoms with Crippen molar-refractivity contribution in [1.82, 2.24) is 5.32 Å². The van der Waals surface area contributed by atoms with E-state index >= 15 is 0 Å². The number of piperidine rings is 1. The minimum Gasteiger partial charge on any atom is -0.457 e. The van der Waals surface area contributed by atoms with Crippen molar-refractivity contribution >= 4 is 56.6 Å². The number of ether oxygens (including phenoxy) is 1. The first-order valence-electron chi connectivity index (χ1n) is 13.9. The average Bonchev–Trinajstić information content (AvgIpc) is 3.25. The second-order valence-corrected chi connectivity index (χ2v) is 12.8. The van der Waals surface area contributed by atoms with Gasteiger partial charge in [-0.05, 0) is 90.8 Å². The van der Waals surface area contributed by atoms with Crippen molar-refractivity contribution < 1.29 is 19.4 Å². The number of allylic oxidation sites excluding steroid dienone is 4. The normalized spacial score (nSPS) is 24.7. The molecule has 1 saturated heterocycles. The minimum absolute atomic E-state index is 0.137. The number of anilines is 1. The molecule has 216 valence electrons. The molecule has 1 unspecified atom stereocenters. The van der Waals surface area contributed by atoms with E-state index in [0.717, 1.165) is 22.0 Å². The van der Waals surface area contributed by atoms with Gasteiger partial charge in [0.05, 0.1) is 6.04 Å². The first-order chi connectivity index (χ1) is 20.3. The van der Waals surface area contributed by atoms with Gasteiger partial charge in [-0.2, -0.15) is 0 Å². The van der Waals surface area contributed by atoms with Gasteiger partial charge in [-0.1, -0.05) is 69.5 Å². The van der Waals surface area contributed by atoms with Crippen LogP contribution in [0.4, 0.5) is 5.69 Å². The number of amides is 2. The number of aliphatic hydroxyl groups is 1. The molecule has 1 spiro atoms. The van der Waals surface area contributed by atoms with E-state index in [-0.39, 0.29) is 30.8 Å². The topological polar surface area (TPSA) is 87.7 Å². The molecule has 3 aliphatic rings. The molecule has 3 aromatic rings. The lowest BCUT2D eigenvalue weighted by Crippen LogP contribution is -2.59. The molecule has 42 heavy (non-hydrogen) atoms. The van der Waals surface area contributed by atoms with Gasteiger partial charge < -0.3 is 20.5 Å². The van der Waals surface area contributed by atoms with E-state index in [1.165, 1.54) is 0 Å². The summed E-state index contributed by atoms with van der Waals surface area (Å²) in [6.45, 7) is 0.137. The van der Waals surface area contributed by atoms with Crippen LogP contribution in [0.5, 0.6) is 11.5 Å². The van der Waals surface area contributed by atoms with Gasteiger partial charge in [0.15, 0.2) is 0 Å². The summed E-state index contributed by atoms with van der Waals surface area (Å²) in [5.74, 6) is 0.256. The van der Waals surface area contributed by atoms with Crippen molar-refractivity contribution in [2.75, 3.05) is 11.9 Å². The maximum Gasteiger partial charge on any atom is 0.237 e. The number of hydrogen-bond donors (Lipinski definition) is 3. The number of halogens is 3. The summed E-state index contributed by atoms with van der Waals surface area (Å²) in [4.78, 5) is 27.8. The quantitative estimate of drug-likeness (QED) is 0.242. The molecule has 6 nitrogen and oxygen atoms in total. The van der Waals surface area contributed by atoms with Crippen LogP contribution in [0, 0.1) is 11.8 Å². The van der Waals surface area contributed by atoms with Crippen LogP contribution in [-0.4, -0.2) is 23.5 Å². The van der Waals surface area contributed by atoms with Crippen LogP contribution in [0.25, 0.3) is 0 Å². The largest absolute Gasteiger partial charge is 0.457 e. The maximum absolute atomic E-state index is 14.4. The van der Waals surface area contributed by atoms with Crippen molar-refractivity contribution in [1.29, 1.82) is 0 Å². The fourth-order valence-corrected chi connectivity index (χ4v) is 7.42. The van der Waals surface area contributed by atoms with Crippen LogP contribution in [0.15, 0.2) is 88.4 Å². The Bertz CT molecular complexity index is 1610. The SMILES string of the molecule is O=C1C[C@@H](C2C=CC=C(Cl)C2)[C@]2(C(=O)Nc3cc(Cl)ccc32)[C@H](c2cc(Br)ccc2Oc2ccc(CCCO)cc2)N1. The molecule has 0 bridgehead atoms. The van der Waals surface area contributed by atoms with E-state index in [9.17, 15) is 9.59 Å². The summed E-state index contributed by atoms with van der Waals surface area (Å²) in [7, 11) is 0. The number of benzene rings is 3. The number of fused-ring (bicyclic) bond motifs is 2. The molecule has 2 amide bonds. The first kappa shape index (κ1) is 29.0. The molecule has 3 N–H and O–H groups in total. The Labute approximate surface area is 262 Å². The van der Waals surface area contributed by atoms with Gasteiger partial charge in [-0.15, -0.1) is 0 Å². The van der Waals surface area contributed by atoms with E-state index in [1.807, 2.05) is 66.8 Å². The predicted molar refractivity (Wildman–Crippen MR) is 168 cm³/mol. The number of carbonyl (C=O) groups is 2. The number of hydrogen-bond acceptors (Lipinski definition) is 4. The highest BCUT2D eigenvalue weighted by atomic mass is 79.9. The zero-order valence-corrected chi connectivity index (χ0v) is 25.7. The molecule has 2 aliphatic heterocycles. The molecule has 1 fully saturated rings. The van der Waals surface area contributed by atoms with Crippen molar-refractivity contribution in [3.05, 3.63) is 110 Å². The lowest BCUT2D eigenvalue weighted by molar-refractivity contribution is -0.135. The van der Waals surface area contributed by atoms with Gasteiger partial charge >= 0.3 is 0 Å². The zero-order valence-electron chi connectivity index (χ0n) is 22.6. The molecule has 6 rings (SSSR count). The Morgan fingerprint density at radius 2 is 1.83 bits per heavy atom. The molecule has 9 heteroatoms. The average molecular weight is 668 g/mol. The molecule has 1 aliphatic carbocycles. The van der Waals surface area contributed by atoms with Crippen molar-refractivity contribution in [2.24, 2.45) is 11.8 Å². The van der Waals surface area contributed by atoms with Crippen molar-refractivity contribution in [3.8, 4) is 11.5 Å². The lowest BCUT2D eigenvalue weighted by atomic mass is 9.57. The summed E-state index contributed by atoms with van der Waals surface area (Å²) in [6.07, 6.45) is 7.95. The van der Waals surface area contributed by atoms with Crippen LogP contribution in [0.1, 0.15) is 42.0 Å². The molecule has 4 atom stereocenters. The molecular formula is C33H29BrCl2N2O4. The van der Waals surface area contributed by atoms with Gasteiger partial charge in [0.2, 0.25) is 11.8 Å². The number of nitrogens with one attached hydrogen (secondary N) is 2. The number of aliphatic hydroxyl groups excluding tert-OH is 1. The molecule has 3 aromatic carbocycles. The van der Waals surface area contributed by atoms with Crippen molar-refractivity contribution in [3.63, 3.8) is 0 Å². The van der Waals surface area contributed by atoms with Crippen LogP contribution < -0.4 is 15.4 Å². The van der Waals surface area contributed by atoms with Crippen molar-refractivity contribution in [2.45, 2.75) is 37.1 Å². The molecule has 0 radical (unpaired) electrons. The van der Waals surface area contributed by atoms with Gasteiger partial charge in [-0.3, -0.25) is 9.59 Å². The molecule has 0 saturated carbocycles. The Kier molecular flexibility index (Phi) is 8.20. The Morgan fingerprint density at radius 1 is 1.02 bits per heavy atom. The highest BCUT2D eigenvalue weighted by Gasteiger charge is 2.62. The maximum atomic E-state index is 14.4. The molecular weight excluding hydrogens is 639 g/mol. The third-order valence-corrected chi connectivity index (χ3v) is 9.45. The fraction of sp³-hybridized carbons (Fsp3) is 0.273. The van der Waals surface area contributed by atoms with Crippen LogP contribution in [0.2, 0.25) is 5.02 Å². The number of aryl methyl sites for hydroxylation is 1. The second kappa shape index (κ2) is 11.9. The van der Waals surface area contributed by atoms with Crippen LogP contribution in [0.3, 0.4) is 0 Å².